The first-order valence-corrected chi connectivity index (χ1v) is 7.71. The maximum absolute atomic E-state index is 13.1. The molecule has 0 fully saturated rings. The number of hydrogen-bond acceptors (Lipinski definition) is 7. The Morgan fingerprint density at radius 3 is 2.58 bits per heavy atom. The lowest BCUT2D eigenvalue weighted by Crippen LogP contribution is -2.11. The molecule has 134 valence electrons. The van der Waals surface area contributed by atoms with Crippen LogP contribution in [0.1, 0.15) is 29.3 Å². The van der Waals surface area contributed by atoms with Crippen LogP contribution >= 0.6 is 0 Å². The minimum absolute atomic E-state index is 0.00773. The first-order valence-electron chi connectivity index (χ1n) is 7.71. The number of nitrogen functional groups attached to an aromatic ring is 1. The monoisotopic (exact) mass is 357 g/mol. The first kappa shape index (κ1) is 17.4. The van der Waals surface area contributed by atoms with Crippen molar-refractivity contribution in [2.24, 2.45) is 0 Å². The standard InChI is InChI=1S/C18H16FN3O4/c1-10(25-18(23)14-8-5-12(19)9-15(14)20)16-21-22-17(26-16)11-3-6-13(24-2)7-4-11/h3-10H,20H2,1-2H3. The van der Waals surface area contributed by atoms with Gasteiger partial charge in [0.2, 0.25) is 5.89 Å². The fourth-order valence-corrected chi connectivity index (χ4v) is 2.24. The largest absolute Gasteiger partial charge is 0.497 e. The number of hydrogen-bond donors (Lipinski definition) is 1. The van der Waals surface area contributed by atoms with E-state index in [-0.39, 0.29) is 23.0 Å². The molecule has 3 aromatic rings. The lowest BCUT2D eigenvalue weighted by molar-refractivity contribution is 0.0281. The molecule has 0 aliphatic carbocycles. The SMILES string of the molecule is COc1ccc(-c2nnc(C(C)OC(=O)c3ccc(F)cc3N)o2)cc1. The zero-order valence-corrected chi connectivity index (χ0v) is 14.1. The highest BCUT2D eigenvalue weighted by Gasteiger charge is 2.21. The molecule has 1 aromatic heterocycles. The second kappa shape index (κ2) is 7.22. The molecule has 7 nitrogen and oxygen atoms in total. The van der Waals surface area contributed by atoms with Crippen molar-refractivity contribution < 1.29 is 23.1 Å². The smallest absolute Gasteiger partial charge is 0.341 e. The summed E-state index contributed by atoms with van der Waals surface area (Å²) in [4.78, 5) is 12.2. The number of aromatic nitrogens is 2. The van der Waals surface area contributed by atoms with Crippen LogP contribution < -0.4 is 10.5 Å². The Morgan fingerprint density at radius 1 is 1.19 bits per heavy atom. The number of carbonyl (C=O) groups is 1. The molecule has 1 unspecified atom stereocenters. The fourth-order valence-electron chi connectivity index (χ4n) is 2.24. The Hall–Kier alpha value is -3.42. The van der Waals surface area contributed by atoms with Crippen molar-refractivity contribution in [2.75, 3.05) is 12.8 Å². The van der Waals surface area contributed by atoms with Crippen LogP contribution in [0.4, 0.5) is 10.1 Å². The third-order valence-corrected chi connectivity index (χ3v) is 3.64. The number of methoxy groups -OCH3 is 1. The molecule has 0 aliphatic rings. The van der Waals surface area contributed by atoms with Crippen LogP contribution in [0.5, 0.6) is 5.75 Å². The normalized spacial score (nSPS) is 11.8. The van der Waals surface area contributed by atoms with E-state index in [0.29, 0.717) is 11.3 Å². The molecule has 0 bridgehead atoms. The molecule has 2 N–H and O–H groups in total. The van der Waals surface area contributed by atoms with Gasteiger partial charge >= 0.3 is 5.97 Å². The van der Waals surface area contributed by atoms with E-state index in [1.165, 1.54) is 6.07 Å². The van der Waals surface area contributed by atoms with Crippen LogP contribution in [-0.4, -0.2) is 23.3 Å². The second-order valence-corrected chi connectivity index (χ2v) is 5.45. The van der Waals surface area contributed by atoms with E-state index in [9.17, 15) is 9.18 Å². The predicted molar refractivity (Wildman–Crippen MR) is 90.9 cm³/mol. The Labute approximate surface area is 148 Å². The van der Waals surface area contributed by atoms with Crippen LogP contribution in [0.15, 0.2) is 46.9 Å². The summed E-state index contributed by atoms with van der Waals surface area (Å²) in [6, 6.07) is 10.5. The minimum Gasteiger partial charge on any atom is -0.497 e. The molecule has 26 heavy (non-hydrogen) atoms. The lowest BCUT2D eigenvalue weighted by Gasteiger charge is -2.10. The third kappa shape index (κ3) is 3.64. The van der Waals surface area contributed by atoms with Crippen molar-refractivity contribution in [3.05, 3.63) is 59.7 Å². The van der Waals surface area contributed by atoms with Gasteiger partial charge in [0.05, 0.1) is 12.7 Å². The van der Waals surface area contributed by atoms with Gasteiger partial charge in [-0.05, 0) is 49.4 Å². The van der Waals surface area contributed by atoms with Gasteiger partial charge in [0.25, 0.3) is 5.89 Å². The topological polar surface area (TPSA) is 100 Å². The molecule has 0 radical (unpaired) electrons. The summed E-state index contributed by atoms with van der Waals surface area (Å²) >= 11 is 0. The number of nitrogens with two attached hydrogens (primary N) is 1. The zero-order valence-electron chi connectivity index (χ0n) is 14.1. The van der Waals surface area contributed by atoms with E-state index in [2.05, 4.69) is 10.2 Å². The highest BCUT2D eigenvalue weighted by Crippen LogP contribution is 2.25. The number of rotatable bonds is 5. The molecule has 0 saturated carbocycles. The van der Waals surface area contributed by atoms with Gasteiger partial charge in [-0.1, -0.05) is 0 Å². The maximum Gasteiger partial charge on any atom is 0.341 e. The Kier molecular flexibility index (Phi) is 4.83. The van der Waals surface area contributed by atoms with Crippen LogP contribution in [0.3, 0.4) is 0 Å². The highest BCUT2D eigenvalue weighted by atomic mass is 19.1. The van der Waals surface area contributed by atoms with E-state index in [4.69, 9.17) is 19.6 Å². The number of anilines is 1. The van der Waals surface area contributed by atoms with E-state index < -0.39 is 17.9 Å². The van der Waals surface area contributed by atoms with Crippen molar-refractivity contribution in [2.45, 2.75) is 13.0 Å². The van der Waals surface area contributed by atoms with Crippen molar-refractivity contribution in [1.82, 2.24) is 10.2 Å². The second-order valence-electron chi connectivity index (χ2n) is 5.45. The van der Waals surface area contributed by atoms with E-state index in [1.54, 1.807) is 38.3 Å². The third-order valence-electron chi connectivity index (χ3n) is 3.64. The molecule has 8 heteroatoms. The summed E-state index contributed by atoms with van der Waals surface area (Å²) in [5.74, 6) is -0.128. The van der Waals surface area contributed by atoms with Gasteiger partial charge in [0.15, 0.2) is 6.10 Å². The summed E-state index contributed by atoms with van der Waals surface area (Å²) in [6.45, 7) is 1.59. The van der Waals surface area contributed by atoms with Gasteiger partial charge in [-0.15, -0.1) is 10.2 Å². The fraction of sp³-hybridized carbons (Fsp3) is 0.167. The maximum atomic E-state index is 13.1. The highest BCUT2D eigenvalue weighted by molar-refractivity contribution is 5.95. The molecule has 1 atom stereocenters. The average molecular weight is 357 g/mol. The molecule has 2 aromatic carbocycles. The van der Waals surface area contributed by atoms with Gasteiger partial charge in [0, 0.05) is 11.3 Å². The molecule has 0 aliphatic heterocycles. The molecule has 1 heterocycles. The van der Waals surface area contributed by atoms with Gasteiger partial charge in [-0.25, -0.2) is 9.18 Å². The molecule has 0 saturated heterocycles. The molecule has 0 spiro atoms. The van der Waals surface area contributed by atoms with Gasteiger partial charge in [0.1, 0.15) is 11.6 Å². The summed E-state index contributed by atoms with van der Waals surface area (Å²) in [7, 11) is 1.57. The first-order chi connectivity index (χ1) is 12.5. The Morgan fingerprint density at radius 2 is 1.92 bits per heavy atom. The summed E-state index contributed by atoms with van der Waals surface area (Å²) in [6.07, 6.45) is -0.800. The van der Waals surface area contributed by atoms with Crippen molar-refractivity contribution in [3.8, 4) is 17.2 Å². The minimum atomic E-state index is -0.800. The van der Waals surface area contributed by atoms with Crippen LogP contribution in [-0.2, 0) is 4.74 Å². The van der Waals surface area contributed by atoms with Crippen molar-refractivity contribution in [1.29, 1.82) is 0 Å². The van der Waals surface area contributed by atoms with Crippen LogP contribution in [0, 0.1) is 5.82 Å². The van der Waals surface area contributed by atoms with Crippen LogP contribution in [0.25, 0.3) is 11.5 Å². The molecular weight excluding hydrogens is 341 g/mol. The van der Waals surface area contributed by atoms with Crippen LogP contribution in [0.2, 0.25) is 0 Å². The van der Waals surface area contributed by atoms with E-state index in [0.717, 1.165) is 12.1 Å². The number of ether oxygens (including phenoxy) is 2. The number of benzene rings is 2. The Bertz CT molecular complexity index is 924. The van der Waals surface area contributed by atoms with Gasteiger partial charge < -0.3 is 19.6 Å². The summed E-state index contributed by atoms with van der Waals surface area (Å²) in [5.41, 5.74) is 6.39. The van der Waals surface area contributed by atoms with E-state index >= 15 is 0 Å². The molecular formula is C18H16FN3O4. The zero-order chi connectivity index (χ0) is 18.7. The Balaban J connectivity index is 1.73. The van der Waals surface area contributed by atoms with Gasteiger partial charge in [-0.2, -0.15) is 0 Å². The molecule has 0 amide bonds. The number of carbonyl (C=O) groups excluding carboxylic acids is 1. The van der Waals surface area contributed by atoms with Crippen molar-refractivity contribution in [3.63, 3.8) is 0 Å². The number of halogens is 1. The number of nitrogens with zero attached hydrogens (tertiary/aromatic N) is 2. The van der Waals surface area contributed by atoms with Gasteiger partial charge in [-0.3, -0.25) is 0 Å². The average Bonchev–Trinajstić information content (AvgIpc) is 3.12. The predicted octanol–water partition coefficient (Wildman–Crippen LogP) is 3.38. The summed E-state index contributed by atoms with van der Waals surface area (Å²) in [5, 5.41) is 7.85. The lowest BCUT2D eigenvalue weighted by atomic mass is 10.2. The summed E-state index contributed by atoms with van der Waals surface area (Å²) < 4.78 is 29.0. The number of esters is 1. The van der Waals surface area contributed by atoms with Crippen molar-refractivity contribution >= 4 is 11.7 Å². The molecule has 3 rings (SSSR count). The quantitative estimate of drug-likeness (QED) is 0.552. The van der Waals surface area contributed by atoms with E-state index in [1.807, 2.05) is 0 Å².